The summed E-state index contributed by atoms with van der Waals surface area (Å²) in [5, 5.41) is 0. The van der Waals surface area contributed by atoms with Crippen molar-refractivity contribution < 1.29 is 28.6 Å². The molecule has 0 N–H and O–H groups in total. The molecular formula is C57H104O6. The van der Waals surface area contributed by atoms with Gasteiger partial charge in [0.1, 0.15) is 13.2 Å². The lowest BCUT2D eigenvalue weighted by Gasteiger charge is -2.18. The standard InChI is InChI=1S/C57H104O6/c1-4-7-10-13-16-19-20-21-22-23-24-25-26-27-28-29-30-31-32-33-34-35-36-39-41-44-47-50-56(59)62-53-54(63-57(60)51-48-45-42-38-18-15-12-9-6-3)52-61-55(58)49-46-43-40-37-17-14-11-8-5-2/h20-21,23-24,26-27,54H,4-19,22,25,28-53H2,1-3H3/b21-20-,24-23-,27-26-. The van der Waals surface area contributed by atoms with Gasteiger partial charge in [-0.1, -0.05) is 250 Å². The third-order valence-electron chi connectivity index (χ3n) is 12.1. The molecule has 63 heavy (non-hydrogen) atoms. The Morgan fingerprint density at radius 1 is 0.317 bits per heavy atom. The van der Waals surface area contributed by atoms with Crippen LogP contribution in [0.3, 0.4) is 0 Å². The fraction of sp³-hybridized carbons (Fsp3) is 0.842. The van der Waals surface area contributed by atoms with Gasteiger partial charge in [-0.05, 0) is 57.8 Å². The van der Waals surface area contributed by atoms with Crippen LogP contribution in [0.25, 0.3) is 0 Å². The predicted octanol–water partition coefficient (Wildman–Crippen LogP) is 18.1. The molecule has 0 aliphatic heterocycles. The first-order chi connectivity index (χ1) is 31.0. The zero-order valence-electron chi connectivity index (χ0n) is 42.1. The highest BCUT2D eigenvalue weighted by atomic mass is 16.6. The average molecular weight is 885 g/mol. The first kappa shape index (κ1) is 60.6. The molecule has 0 bridgehead atoms. The first-order valence-electron chi connectivity index (χ1n) is 27.5. The van der Waals surface area contributed by atoms with Crippen LogP contribution in [-0.4, -0.2) is 37.2 Å². The van der Waals surface area contributed by atoms with Crippen LogP contribution in [0.1, 0.15) is 290 Å². The Morgan fingerprint density at radius 3 is 0.889 bits per heavy atom. The van der Waals surface area contributed by atoms with E-state index in [0.29, 0.717) is 19.3 Å². The molecule has 0 aliphatic rings. The van der Waals surface area contributed by atoms with Crippen molar-refractivity contribution in [2.75, 3.05) is 13.2 Å². The Balaban J connectivity index is 4.07. The molecule has 1 unspecified atom stereocenters. The number of hydrogen-bond donors (Lipinski definition) is 0. The second-order valence-electron chi connectivity index (χ2n) is 18.5. The molecule has 0 rings (SSSR count). The molecule has 0 heterocycles. The van der Waals surface area contributed by atoms with Crippen molar-refractivity contribution in [1.82, 2.24) is 0 Å². The van der Waals surface area contributed by atoms with Gasteiger partial charge >= 0.3 is 17.9 Å². The van der Waals surface area contributed by atoms with Gasteiger partial charge in [0.25, 0.3) is 0 Å². The predicted molar refractivity (Wildman–Crippen MR) is 270 cm³/mol. The maximum Gasteiger partial charge on any atom is 0.306 e. The second kappa shape index (κ2) is 52.3. The van der Waals surface area contributed by atoms with E-state index in [2.05, 4.69) is 57.2 Å². The molecule has 0 radical (unpaired) electrons. The van der Waals surface area contributed by atoms with Crippen LogP contribution in [0.15, 0.2) is 36.5 Å². The van der Waals surface area contributed by atoms with Gasteiger partial charge in [0, 0.05) is 19.3 Å². The second-order valence-corrected chi connectivity index (χ2v) is 18.5. The molecule has 1 atom stereocenters. The normalized spacial score (nSPS) is 12.2. The lowest BCUT2D eigenvalue weighted by Crippen LogP contribution is -2.30. The summed E-state index contributed by atoms with van der Waals surface area (Å²) in [6.45, 7) is 6.61. The van der Waals surface area contributed by atoms with Crippen molar-refractivity contribution in [2.45, 2.75) is 297 Å². The lowest BCUT2D eigenvalue weighted by molar-refractivity contribution is -0.167. The highest BCUT2D eigenvalue weighted by molar-refractivity contribution is 5.71. The number of ether oxygens (including phenoxy) is 3. The molecule has 0 amide bonds. The molecule has 0 fully saturated rings. The molecule has 0 aliphatic carbocycles. The van der Waals surface area contributed by atoms with Crippen LogP contribution in [0.5, 0.6) is 0 Å². The summed E-state index contributed by atoms with van der Waals surface area (Å²) in [7, 11) is 0. The SMILES string of the molecule is CCCCCCC/C=C\C/C=C\C/C=C\CCCCCCCCCCCCCCC(=O)OCC(COC(=O)CCCCCCCCCCC)OC(=O)CCCCCCCCCCC. The molecular weight excluding hydrogens is 781 g/mol. The van der Waals surface area contributed by atoms with E-state index in [0.717, 1.165) is 70.6 Å². The zero-order chi connectivity index (χ0) is 45.8. The van der Waals surface area contributed by atoms with Gasteiger partial charge in [0.15, 0.2) is 6.10 Å². The van der Waals surface area contributed by atoms with Gasteiger partial charge in [-0.2, -0.15) is 0 Å². The van der Waals surface area contributed by atoms with Crippen LogP contribution < -0.4 is 0 Å². The topological polar surface area (TPSA) is 78.9 Å². The fourth-order valence-electron chi connectivity index (χ4n) is 7.98. The molecule has 0 aromatic carbocycles. The van der Waals surface area contributed by atoms with E-state index >= 15 is 0 Å². The first-order valence-corrected chi connectivity index (χ1v) is 27.5. The van der Waals surface area contributed by atoms with Gasteiger partial charge < -0.3 is 14.2 Å². The van der Waals surface area contributed by atoms with Gasteiger partial charge in [0.05, 0.1) is 0 Å². The van der Waals surface area contributed by atoms with Crippen LogP contribution in [-0.2, 0) is 28.6 Å². The van der Waals surface area contributed by atoms with E-state index in [1.54, 1.807) is 0 Å². The van der Waals surface area contributed by atoms with E-state index in [1.807, 2.05) is 0 Å². The van der Waals surface area contributed by atoms with Crippen molar-refractivity contribution in [1.29, 1.82) is 0 Å². The molecule has 6 heteroatoms. The molecule has 0 saturated carbocycles. The van der Waals surface area contributed by atoms with E-state index < -0.39 is 6.10 Å². The summed E-state index contributed by atoms with van der Waals surface area (Å²) in [5.74, 6) is -0.865. The number of unbranched alkanes of at least 4 members (excludes halogenated alkanes) is 33. The lowest BCUT2D eigenvalue weighted by atomic mass is 10.0. The van der Waals surface area contributed by atoms with E-state index in [-0.39, 0.29) is 31.1 Å². The number of esters is 3. The van der Waals surface area contributed by atoms with Gasteiger partial charge in [-0.25, -0.2) is 0 Å². The molecule has 0 aromatic heterocycles. The minimum Gasteiger partial charge on any atom is -0.462 e. The van der Waals surface area contributed by atoms with Crippen LogP contribution >= 0.6 is 0 Å². The molecule has 0 spiro atoms. The van der Waals surface area contributed by atoms with Crippen molar-refractivity contribution >= 4 is 17.9 Å². The Morgan fingerprint density at radius 2 is 0.571 bits per heavy atom. The van der Waals surface area contributed by atoms with Crippen LogP contribution in [0, 0.1) is 0 Å². The summed E-state index contributed by atoms with van der Waals surface area (Å²) in [4.78, 5) is 37.8. The van der Waals surface area contributed by atoms with Crippen LogP contribution in [0.4, 0.5) is 0 Å². The zero-order valence-corrected chi connectivity index (χ0v) is 42.1. The van der Waals surface area contributed by atoms with Crippen molar-refractivity contribution in [3.63, 3.8) is 0 Å². The highest BCUT2D eigenvalue weighted by Gasteiger charge is 2.19. The highest BCUT2D eigenvalue weighted by Crippen LogP contribution is 2.16. The Bertz CT molecular complexity index is 1060. The van der Waals surface area contributed by atoms with Crippen molar-refractivity contribution in [3.05, 3.63) is 36.5 Å². The molecule has 0 aromatic rings. The van der Waals surface area contributed by atoms with Crippen LogP contribution in [0.2, 0.25) is 0 Å². The van der Waals surface area contributed by atoms with Crippen molar-refractivity contribution in [2.24, 2.45) is 0 Å². The Labute approximate surface area is 391 Å². The van der Waals surface area contributed by atoms with E-state index in [9.17, 15) is 14.4 Å². The van der Waals surface area contributed by atoms with Gasteiger partial charge in [-0.15, -0.1) is 0 Å². The summed E-state index contributed by atoms with van der Waals surface area (Å²) in [5.41, 5.74) is 0. The fourth-order valence-corrected chi connectivity index (χ4v) is 7.98. The quantitative estimate of drug-likeness (QED) is 0.0262. The average Bonchev–Trinajstić information content (AvgIpc) is 3.28. The number of hydrogen-bond acceptors (Lipinski definition) is 6. The number of rotatable bonds is 50. The Kier molecular flexibility index (Phi) is 50.3. The summed E-state index contributed by atoms with van der Waals surface area (Å²) >= 11 is 0. The van der Waals surface area contributed by atoms with Gasteiger partial charge in [-0.3, -0.25) is 14.4 Å². The largest absolute Gasteiger partial charge is 0.462 e. The monoisotopic (exact) mass is 885 g/mol. The number of allylic oxidation sites excluding steroid dienone is 6. The molecule has 6 nitrogen and oxygen atoms in total. The minimum absolute atomic E-state index is 0.0685. The maximum absolute atomic E-state index is 12.7. The Hall–Kier alpha value is -2.37. The summed E-state index contributed by atoms with van der Waals surface area (Å²) in [6, 6.07) is 0. The third-order valence-corrected chi connectivity index (χ3v) is 12.1. The molecule has 368 valence electrons. The number of carbonyl (C=O) groups is 3. The van der Waals surface area contributed by atoms with E-state index in [1.165, 1.54) is 180 Å². The van der Waals surface area contributed by atoms with Gasteiger partial charge in [0.2, 0.25) is 0 Å². The minimum atomic E-state index is -0.765. The smallest absolute Gasteiger partial charge is 0.306 e. The third kappa shape index (κ3) is 50.5. The number of carbonyl (C=O) groups excluding carboxylic acids is 3. The molecule has 0 saturated heterocycles. The van der Waals surface area contributed by atoms with E-state index in [4.69, 9.17) is 14.2 Å². The summed E-state index contributed by atoms with van der Waals surface area (Å²) < 4.78 is 16.7. The van der Waals surface area contributed by atoms with Crippen molar-refractivity contribution in [3.8, 4) is 0 Å². The summed E-state index contributed by atoms with van der Waals surface area (Å²) in [6.07, 6.45) is 61.6. The maximum atomic E-state index is 12.7.